The molecule has 0 bridgehead atoms. The maximum absolute atomic E-state index is 6.00. The summed E-state index contributed by atoms with van der Waals surface area (Å²) in [5.41, 5.74) is 1.12. The van der Waals surface area contributed by atoms with Gasteiger partial charge in [0.2, 0.25) is 0 Å². The minimum atomic E-state index is 0.208. The minimum Gasteiger partial charge on any atom is -0.493 e. The molecule has 0 aliphatic heterocycles. The minimum absolute atomic E-state index is 0.208. The highest BCUT2D eigenvalue weighted by atomic mass is 79.9. The molecular formula is C12H17BrClNO. The van der Waals surface area contributed by atoms with Crippen LogP contribution < -0.4 is 10.1 Å². The van der Waals surface area contributed by atoms with Crippen molar-refractivity contribution in [3.63, 3.8) is 0 Å². The van der Waals surface area contributed by atoms with Gasteiger partial charge < -0.3 is 10.1 Å². The normalized spacial score (nSPS) is 11.4. The Morgan fingerprint density at radius 1 is 1.38 bits per heavy atom. The molecule has 1 aromatic rings. The first-order valence-corrected chi connectivity index (χ1v) is 6.27. The number of halogens is 2. The number of hydrogen-bond acceptors (Lipinski definition) is 2. The average Bonchev–Trinajstić information content (AvgIpc) is 2.12. The topological polar surface area (TPSA) is 21.3 Å². The number of nitrogens with one attached hydrogen (secondary N) is 1. The van der Waals surface area contributed by atoms with Gasteiger partial charge in [-0.2, -0.15) is 0 Å². The van der Waals surface area contributed by atoms with E-state index in [0.29, 0.717) is 5.02 Å². The van der Waals surface area contributed by atoms with E-state index in [2.05, 4.69) is 42.0 Å². The van der Waals surface area contributed by atoms with Gasteiger partial charge in [-0.1, -0.05) is 32.4 Å². The van der Waals surface area contributed by atoms with Crippen LogP contribution in [-0.4, -0.2) is 13.7 Å². The highest BCUT2D eigenvalue weighted by Crippen LogP contribution is 2.36. The number of ether oxygens (including phenoxy) is 1. The lowest BCUT2D eigenvalue weighted by molar-refractivity contribution is 0.410. The van der Waals surface area contributed by atoms with E-state index in [9.17, 15) is 0 Å². The molecule has 0 aliphatic rings. The molecule has 1 aromatic carbocycles. The second-order valence-electron chi connectivity index (χ2n) is 4.88. The molecule has 2 nitrogen and oxygen atoms in total. The van der Waals surface area contributed by atoms with Crippen molar-refractivity contribution in [3.8, 4) is 5.75 Å². The molecule has 0 aliphatic carbocycles. The second-order valence-corrected chi connectivity index (χ2v) is 6.17. The van der Waals surface area contributed by atoms with E-state index in [0.717, 1.165) is 22.5 Å². The van der Waals surface area contributed by atoms with Gasteiger partial charge in [-0.3, -0.25) is 0 Å². The predicted molar refractivity (Wildman–Crippen MR) is 73.6 cm³/mol. The fourth-order valence-corrected chi connectivity index (χ4v) is 2.23. The van der Waals surface area contributed by atoms with Crippen LogP contribution in [0.25, 0.3) is 0 Å². The molecule has 0 heterocycles. The summed E-state index contributed by atoms with van der Waals surface area (Å²) in [5, 5.41) is 4.03. The van der Waals surface area contributed by atoms with Gasteiger partial charge in [0, 0.05) is 11.6 Å². The molecule has 0 fully saturated rings. The second kappa shape index (κ2) is 5.28. The summed E-state index contributed by atoms with van der Waals surface area (Å²) >= 11 is 9.43. The Morgan fingerprint density at radius 3 is 2.50 bits per heavy atom. The van der Waals surface area contributed by atoms with Crippen molar-refractivity contribution < 1.29 is 4.74 Å². The van der Waals surface area contributed by atoms with Crippen molar-refractivity contribution in [2.45, 2.75) is 20.8 Å². The van der Waals surface area contributed by atoms with E-state index in [1.165, 1.54) is 0 Å². The van der Waals surface area contributed by atoms with Crippen molar-refractivity contribution >= 4 is 33.2 Å². The van der Waals surface area contributed by atoms with Crippen LogP contribution in [0.2, 0.25) is 5.02 Å². The van der Waals surface area contributed by atoms with Gasteiger partial charge in [0.1, 0.15) is 0 Å². The molecule has 0 aromatic heterocycles. The lowest BCUT2D eigenvalue weighted by Gasteiger charge is -2.21. The van der Waals surface area contributed by atoms with Gasteiger partial charge in [0.25, 0.3) is 0 Å². The molecule has 4 heteroatoms. The fraction of sp³-hybridized carbons (Fsp3) is 0.500. The molecule has 0 radical (unpaired) electrons. The number of anilines is 1. The number of methoxy groups -OCH3 is 1. The summed E-state index contributed by atoms with van der Waals surface area (Å²) in [4.78, 5) is 0. The molecule has 0 saturated carbocycles. The Hall–Kier alpha value is -0.410. The van der Waals surface area contributed by atoms with Gasteiger partial charge in [0.05, 0.1) is 17.3 Å². The zero-order valence-electron chi connectivity index (χ0n) is 10.0. The van der Waals surface area contributed by atoms with Gasteiger partial charge in [-0.25, -0.2) is 0 Å². The van der Waals surface area contributed by atoms with Crippen LogP contribution in [0.1, 0.15) is 20.8 Å². The molecule has 0 unspecified atom stereocenters. The van der Waals surface area contributed by atoms with E-state index in [-0.39, 0.29) is 5.41 Å². The van der Waals surface area contributed by atoms with Gasteiger partial charge in [0.15, 0.2) is 5.75 Å². The summed E-state index contributed by atoms with van der Waals surface area (Å²) in [5.74, 6) is 0.786. The molecule has 0 atom stereocenters. The molecule has 1 rings (SSSR count). The Bertz CT molecular complexity index is 374. The highest BCUT2D eigenvalue weighted by molar-refractivity contribution is 9.10. The van der Waals surface area contributed by atoms with Gasteiger partial charge >= 0.3 is 0 Å². The molecule has 0 spiro atoms. The Kier molecular flexibility index (Phi) is 4.51. The van der Waals surface area contributed by atoms with E-state index in [1.807, 2.05) is 12.1 Å². The van der Waals surface area contributed by atoms with Crippen LogP contribution in [0.5, 0.6) is 5.75 Å². The monoisotopic (exact) mass is 305 g/mol. The first-order chi connectivity index (χ1) is 7.33. The maximum Gasteiger partial charge on any atom is 0.156 e. The van der Waals surface area contributed by atoms with Crippen LogP contribution in [0, 0.1) is 5.41 Å². The van der Waals surface area contributed by atoms with Gasteiger partial charge in [-0.05, 0) is 33.5 Å². The zero-order valence-corrected chi connectivity index (χ0v) is 12.4. The van der Waals surface area contributed by atoms with Crippen molar-refractivity contribution in [1.82, 2.24) is 0 Å². The standard InChI is InChI=1S/C12H17BrClNO/c1-12(2,3)7-15-10-6-8(14)5-9(13)11(10)16-4/h5-6,15H,7H2,1-4H3. The fourth-order valence-electron chi connectivity index (χ4n) is 1.26. The quantitative estimate of drug-likeness (QED) is 0.883. The molecule has 0 saturated heterocycles. The summed E-state index contributed by atoms with van der Waals surface area (Å²) in [6, 6.07) is 3.69. The SMILES string of the molecule is COc1c(Br)cc(Cl)cc1NCC(C)(C)C. The highest BCUT2D eigenvalue weighted by Gasteiger charge is 2.13. The van der Waals surface area contributed by atoms with Crippen LogP contribution in [0.15, 0.2) is 16.6 Å². The molecular weight excluding hydrogens is 289 g/mol. The van der Waals surface area contributed by atoms with E-state index in [1.54, 1.807) is 7.11 Å². The Balaban J connectivity index is 2.94. The van der Waals surface area contributed by atoms with Crippen LogP contribution in [0.3, 0.4) is 0 Å². The Morgan fingerprint density at radius 2 is 2.00 bits per heavy atom. The first-order valence-electron chi connectivity index (χ1n) is 5.10. The van der Waals surface area contributed by atoms with E-state index in [4.69, 9.17) is 16.3 Å². The average molecular weight is 307 g/mol. The summed E-state index contributed by atoms with van der Waals surface area (Å²) in [6.45, 7) is 7.38. The molecule has 1 N–H and O–H groups in total. The predicted octanol–water partition coefficient (Wildman–Crippen LogP) is 4.57. The summed E-state index contributed by atoms with van der Waals surface area (Å²) in [7, 11) is 1.65. The molecule has 16 heavy (non-hydrogen) atoms. The number of hydrogen-bond donors (Lipinski definition) is 1. The number of rotatable bonds is 3. The first kappa shape index (κ1) is 13.7. The third kappa shape index (κ3) is 3.87. The van der Waals surface area contributed by atoms with Crippen molar-refractivity contribution in [1.29, 1.82) is 0 Å². The van der Waals surface area contributed by atoms with Crippen molar-refractivity contribution in [2.75, 3.05) is 19.0 Å². The maximum atomic E-state index is 6.00. The largest absolute Gasteiger partial charge is 0.493 e. The zero-order chi connectivity index (χ0) is 12.3. The van der Waals surface area contributed by atoms with E-state index < -0.39 is 0 Å². The van der Waals surface area contributed by atoms with Gasteiger partial charge in [-0.15, -0.1) is 0 Å². The Labute approximate surface area is 110 Å². The summed E-state index contributed by atoms with van der Waals surface area (Å²) in [6.07, 6.45) is 0. The van der Waals surface area contributed by atoms with Crippen LogP contribution in [0.4, 0.5) is 5.69 Å². The molecule has 90 valence electrons. The lowest BCUT2D eigenvalue weighted by atomic mass is 9.97. The lowest BCUT2D eigenvalue weighted by Crippen LogP contribution is -2.19. The van der Waals surface area contributed by atoms with Crippen LogP contribution in [-0.2, 0) is 0 Å². The molecule has 0 amide bonds. The summed E-state index contributed by atoms with van der Waals surface area (Å²) < 4.78 is 6.19. The van der Waals surface area contributed by atoms with Crippen LogP contribution >= 0.6 is 27.5 Å². The third-order valence-corrected chi connectivity index (χ3v) is 2.83. The smallest absolute Gasteiger partial charge is 0.156 e. The number of benzene rings is 1. The van der Waals surface area contributed by atoms with Crippen molar-refractivity contribution in [3.05, 3.63) is 21.6 Å². The van der Waals surface area contributed by atoms with Crippen molar-refractivity contribution in [2.24, 2.45) is 5.41 Å². The van der Waals surface area contributed by atoms with E-state index >= 15 is 0 Å². The third-order valence-electron chi connectivity index (χ3n) is 2.02.